The first-order valence-corrected chi connectivity index (χ1v) is 12.1. The Balaban J connectivity index is 1.63. The molecule has 196 valence electrons. The largest absolute Gasteiger partial charge is 0.496 e. The van der Waals surface area contributed by atoms with Gasteiger partial charge < -0.3 is 19.7 Å². The lowest BCUT2D eigenvalue weighted by Crippen LogP contribution is -2.60. The Labute approximate surface area is 208 Å². The van der Waals surface area contributed by atoms with Gasteiger partial charge in [-0.15, -0.1) is 0 Å². The molecule has 0 saturated carbocycles. The van der Waals surface area contributed by atoms with Crippen molar-refractivity contribution in [2.75, 3.05) is 47.0 Å². The van der Waals surface area contributed by atoms with Crippen LogP contribution in [0.1, 0.15) is 36.3 Å². The van der Waals surface area contributed by atoms with Crippen molar-refractivity contribution in [1.82, 2.24) is 10.2 Å². The lowest BCUT2D eigenvalue weighted by molar-refractivity contribution is -0.212. The fourth-order valence-corrected chi connectivity index (χ4v) is 5.98. The monoisotopic (exact) mass is 508 g/mol. The SMILES string of the molecule is COC[C@](C(=O)N1CCC2(CCNCC2c2ccccc2OC)CC1)(c1ccc(F)cc1)C(F)(F)F. The molecule has 2 aliphatic rings. The number of nitrogens with zero attached hydrogens (tertiary/aromatic N) is 1. The number of likely N-dealkylation sites (tertiary alicyclic amines) is 1. The van der Waals surface area contributed by atoms with Crippen molar-refractivity contribution in [3.05, 3.63) is 65.5 Å². The third kappa shape index (κ3) is 4.59. The van der Waals surface area contributed by atoms with E-state index >= 15 is 0 Å². The maximum atomic E-state index is 14.6. The van der Waals surface area contributed by atoms with Gasteiger partial charge in [0.05, 0.1) is 13.7 Å². The zero-order valence-corrected chi connectivity index (χ0v) is 20.5. The summed E-state index contributed by atoms with van der Waals surface area (Å²) in [6, 6.07) is 11.8. The number of piperidine rings is 2. The van der Waals surface area contributed by atoms with Gasteiger partial charge >= 0.3 is 6.18 Å². The Morgan fingerprint density at radius 1 is 1.06 bits per heavy atom. The first-order chi connectivity index (χ1) is 17.2. The first kappa shape index (κ1) is 26.4. The second-order valence-corrected chi connectivity index (χ2v) is 9.75. The summed E-state index contributed by atoms with van der Waals surface area (Å²) in [6.07, 6.45) is -2.92. The molecule has 1 spiro atoms. The minimum atomic E-state index is -4.93. The van der Waals surface area contributed by atoms with Gasteiger partial charge in [-0.05, 0) is 60.5 Å². The van der Waals surface area contributed by atoms with Crippen LogP contribution in [-0.4, -0.2) is 64.0 Å². The van der Waals surface area contributed by atoms with E-state index in [1.54, 1.807) is 7.11 Å². The summed E-state index contributed by atoms with van der Waals surface area (Å²) in [5.41, 5.74) is -2.32. The number of rotatable bonds is 6. The molecular formula is C27H32F4N2O3. The Hall–Kier alpha value is -2.65. The van der Waals surface area contributed by atoms with Gasteiger partial charge in [-0.3, -0.25) is 4.79 Å². The molecule has 9 heteroatoms. The molecule has 5 nitrogen and oxygen atoms in total. The summed E-state index contributed by atoms with van der Waals surface area (Å²) in [5.74, 6) is -0.825. The molecule has 0 aromatic heterocycles. The van der Waals surface area contributed by atoms with Crippen molar-refractivity contribution in [3.63, 3.8) is 0 Å². The summed E-state index contributed by atoms with van der Waals surface area (Å²) >= 11 is 0. The predicted molar refractivity (Wildman–Crippen MR) is 127 cm³/mol. The molecule has 2 aromatic rings. The van der Waals surface area contributed by atoms with Crippen LogP contribution in [-0.2, 0) is 14.9 Å². The van der Waals surface area contributed by atoms with Crippen LogP contribution in [0.2, 0.25) is 0 Å². The number of methoxy groups -OCH3 is 2. The summed E-state index contributed by atoms with van der Waals surface area (Å²) < 4.78 is 68.0. The average molecular weight is 509 g/mol. The van der Waals surface area contributed by atoms with Crippen LogP contribution in [0.25, 0.3) is 0 Å². The number of nitrogens with one attached hydrogen (secondary N) is 1. The second kappa shape index (κ2) is 10.4. The van der Waals surface area contributed by atoms with E-state index in [1.807, 2.05) is 24.3 Å². The van der Waals surface area contributed by atoms with Crippen molar-refractivity contribution >= 4 is 5.91 Å². The van der Waals surface area contributed by atoms with E-state index in [-0.39, 0.29) is 30.0 Å². The fraction of sp³-hybridized carbons (Fsp3) is 0.519. The van der Waals surface area contributed by atoms with Gasteiger partial charge in [-0.25, -0.2) is 4.39 Å². The molecule has 0 radical (unpaired) electrons. The number of hydrogen-bond donors (Lipinski definition) is 1. The highest BCUT2D eigenvalue weighted by atomic mass is 19.4. The van der Waals surface area contributed by atoms with E-state index in [4.69, 9.17) is 9.47 Å². The van der Waals surface area contributed by atoms with Gasteiger partial charge in [0.2, 0.25) is 5.91 Å². The zero-order valence-electron chi connectivity index (χ0n) is 20.5. The Bertz CT molecular complexity index is 1050. The standard InChI is InChI=1S/C27H32F4N2O3/c1-35-18-26(27(29,30)31,19-7-9-20(28)10-8-19)24(34)33-15-12-25(13-16-33)11-14-32-17-22(25)21-5-3-4-6-23(21)36-2/h3-10,22,32H,11-18H2,1-2H3/t22?,26-/m1/s1. The summed E-state index contributed by atoms with van der Waals surface area (Å²) in [4.78, 5) is 15.0. The molecule has 4 rings (SSSR count). The topological polar surface area (TPSA) is 50.8 Å². The van der Waals surface area contributed by atoms with Gasteiger partial charge in [0.25, 0.3) is 0 Å². The molecule has 36 heavy (non-hydrogen) atoms. The van der Waals surface area contributed by atoms with E-state index in [0.717, 1.165) is 62.2 Å². The average Bonchev–Trinajstić information content (AvgIpc) is 2.87. The predicted octanol–water partition coefficient (Wildman–Crippen LogP) is 4.67. The summed E-state index contributed by atoms with van der Waals surface area (Å²) in [6.45, 7) is 1.07. The molecule has 1 N–H and O–H groups in total. The van der Waals surface area contributed by atoms with Crippen molar-refractivity contribution in [2.24, 2.45) is 5.41 Å². The molecule has 2 heterocycles. The number of carbonyl (C=O) groups is 1. The van der Waals surface area contributed by atoms with E-state index in [1.165, 1.54) is 4.90 Å². The molecule has 2 fully saturated rings. The maximum Gasteiger partial charge on any atom is 0.409 e. The van der Waals surface area contributed by atoms with Crippen LogP contribution in [0.5, 0.6) is 5.75 Å². The number of carbonyl (C=O) groups excluding carboxylic acids is 1. The molecule has 1 amide bonds. The Morgan fingerprint density at radius 2 is 1.72 bits per heavy atom. The van der Waals surface area contributed by atoms with Crippen molar-refractivity contribution in [2.45, 2.75) is 36.8 Å². The van der Waals surface area contributed by atoms with E-state index in [9.17, 15) is 22.4 Å². The molecule has 2 aliphatic heterocycles. The van der Waals surface area contributed by atoms with E-state index in [0.29, 0.717) is 12.8 Å². The molecule has 0 bridgehead atoms. The van der Waals surface area contributed by atoms with Gasteiger partial charge in [-0.1, -0.05) is 30.3 Å². The van der Waals surface area contributed by atoms with Crippen LogP contribution in [0.15, 0.2) is 48.5 Å². The number of benzene rings is 2. The zero-order chi connectivity index (χ0) is 26.0. The lowest BCUT2D eigenvalue weighted by Gasteiger charge is -2.51. The third-order valence-electron chi connectivity index (χ3n) is 7.99. The molecule has 2 atom stereocenters. The fourth-order valence-electron chi connectivity index (χ4n) is 5.98. The highest BCUT2D eigenvalue weighted by Crippen LogP contribution is 2.51. The van der Waals surface area contributed by atoms with Gasteiger partial charge in [-0.2, -0.15) is 13.2 Å². The highest BCUT2D eigenvalue weighted by Gasteiger charge is 2.63. The molecule has 0 aliphatic carbocycles. The van der Waals surface area contributed by atoms with Crippen molar-refractivity contribution in [3.8, 4) is 5.75 Å². The van der Waals surface area contributed by atoms with E-state index < -0.39 is 29.9 Å². The number of amides is 1. The van der Waals surface area contributed by atoms with Crippen LogP contribution in [0.3, 0.4) is 0 Å². The van der Waals surface area contributed by atoms with Crippen LogP contribution >= 0.6 is 0 Å². The lowest BCUT2D eigenvalue weighted by atomic mass is 9.62. The molecule has 2 saturated heterocycles. The highest BCUT2D eigenvalue weighted by molar-refractivity contribution is 5.89. The number of para-hydroxylation sites is 1. The van der Waals surface area contributed by atoms with Gasteiger partial charge in [0.1, 0.15) is 11.6 Å². The van der Waals surface area contributed by atoms with Gasteiger partial charge in [0, 0.05) is 32.7 Å². The minimum Gasteiger partial charge on any atom is -0.496 e. The number of alkyl halides is 3. The Morgan fingerprint density at radius 3 is 2.33 bits per heavy atom. The number of halogens is 4. The van der Waals surface area contributed by atoms with Crippen molar-refractivity contribution < 1.29 is 31.8 Å². The number of hydrogen-bond acceptors (Lipinski definition) is 4. The van der Waals surface area contributed by atoms with Crippen molar-refractivity contribution in [1.29, 1.82) is 0 Å². The summed E-state index contributed by atoms with van der Waals surface area (Å²) in [7, 11) is 2.76. The molecule has 2 aromatic carbocycles. The molecular weight excluding hydrogens is 476 g/mol. The van der Waals surface area contributed by atoms with E-state index in [2.05, 4.69) is 5.32 Å². The normalized spacial score (nSPS) is 21.7. The number of ether oxygens (including phenoxy) is 2. The van der Waals surface area contributed by atoms with Gasteiger partial charge in [0.15, 0.2) is 5.41 Å². The molecule has 1 unspecified atom stereocenters. The van der Waals surface area contributed by atoms with Crippen LogP contribution < -0.4 is 10.1 Å². The summed E-state index contributed by atoms with van der Waals surface area (Å²) in [5, 5.41) is 3.45. The third-order valence-corrected chi connectivity index (χ3v) is 7.99. The Kier molecular flexibility index (Phi) is 7.61. The first-order valence-electron chi connectivity index (χ1n) is 12.1. The van der Waals surface area contributed by atoms with Crippen LogP contribution in [0.4, 0.5) is 17.6 Å². The minimum absolute atomic E-state index is 0.114. The van der Waals surface area contributed by atoms with Crippen LogP contribution in [0, 0.1) is 11.2 Å². The quantitative estimate of drug-likeness (QED) is 0.577. The maximum absolute atomic E-state index is 14.6. The smallest absolute Gasteiger partial charge is 0.409 e. The second-order valence-electron chi connectivity index (χ2n) is 9.75.